The molecule has 0 aromatic heterocycles. The van der Waals surface area contributed by atoms with Gasteiger partial charge >= 0.3 is 5.97 Å². The highest BCUT2D eigenvalue weighted by molar-refractivity contribution is 5.67. The van der Waals surface area contributed by atoms with Crippen LogP contribution in [0.4, 0.5) is 0 Å². The van der Waals surface area contributed by atoms with Crippen molar-refractivity contribution >= 4 is 5.97 Å². The van der Waals surface area contributed by atoms with Crippen LogP contribution in [0, 0.1) is 0 Å². The largest absolute Gasteiger partial charge is 0.480 e. The van der Waals surface area contributed by atoms with Crippen LogP contribution in [0.3, 0.4) is 0 Å². The number of hydrogen-bond acceptors (Lipinski definition) is 3. The van der Waals surface area contributed by atoms with Crippen LogP contribution in [0.25, 0.3) is 0 Å². The minimum atomic E-state index is -0.931. The average molecular weight is 288 g/mol. The van der Waals surface area contributed by atoms with Crippen molar-refractivity contribution in [1.82, 2.24) is 0 Å². The van der Waals surface area contributed by atoms with E-state index in [1.54, 1.807) is 0 Å². The Morgan fingerprint density at radius 3 is 1.80 bits per heavy atom. The molecule has 4 heteroatoms. The van der Waals surface area contributed by atoms with E-state index in [2.05, 4.69) is 6.92 Å². The number of unbranched alkanes of at least 4 members (excludes halogenated alkanes) is 9. The van der Waals surface area contributed by atoms with Gasteiger partial charge in [0.25, 0.3) is 0 Å². The van der Waals surface area contributed by atoms with Crippen LogP contribution in [-0.4, -0.2) is 37.5 Å². The molecule has 0 aromatic carbocycles. The zero-order chi connectivity index (χ0) is 14.9. The SMILES string of the molecule is CCCCCCCCCCCCOCCOCC(=O)O. The highest BCUT2D eigenvalue weighted by atomic mass is 16.5. The van der Waals surface area contributed by atoms with Gasteiger partial charge in [-0.15, -0.1) is 0 Å². The maximum absolute atomic E-state index is 10.2. The van der Waals surface area contributed by atoms with Crippen LogP contribution < -0.4 is 0 Å². The lowest BCUT2D eigenvalue weighted by molar-refractivity contribution is -0.142. The molecule has 120 valence electrons. The van der Waals surface area contributed by atoms with Gasteiger partial charge in [0.15, 0.2) is 0 Å². The van der Waals surface area contributed by atoms with E-state index < -0.39 is 5.97 Å². The molecular formula is C16H32O4. The number of aliphatic carboxylic acids is 1. The second kappa shape index (κ2) is 16.4. The number of ether oxygens (including phenoxy) is 2. The van der Waals surface area contributed by atoms with Gasteiger partial charge in [0.1, 0.15) is 6.61 Å². The summed E-state index contributed by atoms with van der Waals surface area (Å²) in [6.45, 7) is 3.63. The molecule has 0 aliphatic carbocycles. The summed E-state index contributed by atoms with van der Waals surface area (Å²) in [7, 11) is 0. The minimum Gasteiger partial charge on any atom is -0.480 e. The van der Waals surface area contributed by atoms with Crippen molar-refractivity contribution in [3.63, 3.8) is 0 Å². The van der Waals surface area contributed by atoms with Crippen molar-refractivity contribution in [2.75, 3.05) is 26.4 Å². The quantitative estimate of drug-likeness (QED) is 0.436. The summed E-state index contributed by atoms with van der Waals surface area (Å²) in [5.41, 5.74) is 0. The van der Waals surface area contributed by atoms with Crippen LogP contribution >= 0.6 is 0 Å². The van der Waals surface area contributed by atoms with Crippen LogP contribution in [0.15, 0.2) is 0 Å². The maximum atomic E-state index is 10.2. The first-order valence-electron chi connectivity index (χ1n) is 8.14. The van der Waals surface area contributed by atoms with Gasteiger partial charge in [-0.05, 0) is 6.42 Å². The molecule has 0 aliphatic rings. The van der Waals surface area contributed by atoms with Gasteiger partial charge in [0.05, 0.1) is 13.2 Å². The van der Waals surface area contributed by atoms with Gasteiger partial charge in [0.2, 0.25) is 0 Å². The number of rotatable bonds is 16. The molecule has 0 saturated carbocycles. The van der Waals surface area contributed by atoms with Crippen LogP contribution in [0.5, 0.6) is 0 Å². The summed E-state index contributed by atoms with van der Waals surface area (Å²) >= 11 is 0. The topological polar surface area (TPSA) is 55.8 Å². The molecule has 0 rings (SSSR count). The summed E-state index contributed by atoms with van der Waals surface area (Å²) in [4.78, 5) is 10.2. The first-order valence-corrected chi connectivity index (χ1v) is 8.14. The predicted molar refractivity (Wildman–Crippen MR) is 81.1 cm³/mol. The van der Waals surface area contributed by atoms with E-state index in [-0.39, 0.29) is 6.61 Å². The molecule has 0 aliphatic heterocycles. The van der Waals surface area contributed by atoms with Gasteiger partial charge < -0.3 is 14.6 Å². The summed E-state index contributed by atoms with van der Waals surface area (Å²) in [5, 5.41) is 8.35. The second-order valence-corrected chi connectivity index (χ2v) is 5.24. The van der Waals surface area contributed by atoms with E-state index in [1.165, 1.54) is 57.8 Å². The average Bonchev–Trinajstić information content (AvgIpc) is 2.43. The minimum absolute atomic E-state index is 0.235. The van der Waals surface area contributed by atoms with Crippen molar-refractivity contribution in [3.8, 4) is 0 Å². The molecule has 0 saturated heterocycles. The van der Waals surface area contributed by atoms with E-state index in [4.69, 9.17) is 14.6 Å². The standard InChI is InChI=1S/C16H32O4/c1-2-3-4-5-6-7-8-9-10-11-12-19-13-14-20-15-16(17)18/h2-15H2,1H3,(H,17,18). The smallest absolute Gasteiger partial charge is 0.329 e. The summed E-state index contributed by atoms with van der Waals surface area (Å²) in [6.07, 6.45) is 13.2. The van der Waals surface area contributed by atoms with Crippen molar-refractivity contribution < 1.29 is 19.4 Å². The molecule has 0 amide bonds. The Balaban J connectivity index is 2.94. The fourth-order valence-electron chi connectivity index (χ4n) is 2.07. The van der Waals surface area contributed by atoms with E-state index in [9.17, 15) is 4.79 Å². The Labute approximate surface area is 123 Å². The second-order valence-electron chi connectivity index (χ2n) is 5.24. The molecule has 0 aromatic rings. The molecule has 20 heavy (non-hydrogen) atoms. The van der Waals surface area contributed by atoms with Crippen LogP contribution in [-0.2, 0) is 14.3 Å². The molecule has 0 spiro atoms. The molecule has 0 atom stereocenters. The summed E-state index contributed by atoms with van der Waals surface area (Å²) in [6, 6.07) is 0. The van der Waals surface area contributed by atoms with E-state index in [1.807, 2.05) is 0 Å². The first-order chi connectivity index (χ1) is 9.77. The maximum Gasteiger partial charge on any atom is 0.329 e. The van der Waals surface area contributed by atoms with Crippen molar-refractivity contribution in [1.29, 1.82) is 0 Å². The monoisotopic (exact) mass is 288 g/mol. The molecule has 1 N–H and O–H groups in total. The lowest BCUT2D eigenvalue weighted by Crippen LogP contribution is -2.11. The number of carboxylic acid groups (broad SMARTS) is 1. The molecule has 0 bridgehead atoms. The molecule has 0 radical (unpaired) electrons. The summed E-state index contributed by atoms with van der Waals surface area (Å²) in [5.74, 6) is -0.931. The third-order valence-corrected chi connectivity index (χ3v) is 3.24. The van der Waals surface area contributed by atoms with Gasteiger partial charge in [-0.1, -0.05) is 64.7 Å². The van der Waals surface area contributed by atoms with Gasteiger partial charge in [-0.2, -0.15) is 0 Å². The molecular weight excluding hydrogens is 256 g/mol. The summed E-state index contributed by atoms with van der Waals surface area (Å²) < 4.78 is 10.2. The molecule has 0 heterocycles. The van der Waals surface area contributed by atoms with E-state index in [0.29, 0.717) is 13.2 Å². The number of hydrogen-bond donors (Lipinski definition) is 1. The zero-order valence-corrected chi connectivity index (χ0v) is 13.1. The molecule has 0 fully saturated rings. The van der Waals surface area contributed by atoms with Gasteiger partial charge in [0, 0.05) is 6.61 Å². The zero-order valence-electron chi connectivity index (χ0n) is 13.1. The third-order valence-electron chi connectivity index (χ3n) is 3.24. The van der Waals surface area contributed by atoms with E-state index >= 15 is 0 Å². The normalized spacial score (nSPS) is 10.8. The molecule has 4 nitrogen and oxygen atoms in total. The lowest BCUT2D eigenvalue weighted by Gasteiger charge is -2.04. The number of carboxylic acids is 1. The van der Waals surface area contributed by atoms with Crippen molar-refractivity contribution in [3.05, 3.63) is 0 Å². The lowest BCUT2D eigenvalue weighted by atomic mass is 10.1. The Morgan fingerprint density at radius 2 is 1.25 bits per heavy atom. The van der Waals surface area contributed by atoms with Crippen LogP contribution in [0.2, 0.25) is 0 Å². The van der Waals surface area contributed by atoms with Crippen LogP contribution in [0.1, 0.15) is 71.1 Å². The Hall–Kier alpha value is -0.610. The Kier molecular flexibility index (Phi) is 15.9. The molecule has 0 unspecified atom stereocenters. The third kappa shape index (κ3) is 17.4. The number of carbonyl (C=O) groups is 1. The van der Waals surface area contributed by atoms with Crippen molar-refractivity contribution in [2.45, 2.75) is 71.1 Å². The van der Waals surface area contributed by atoms with E-state index in [0.717, 1.165) is 13.0 Å². The fourth-order valence-corrected chi connectivity index (χ4v) is 2.07. The van der Waals surface area contributed by atoms with Gasteiger partial charge in [-0.3, -0.25) is 0 Å². The highest BCUT2D eigenvalue weighted by Crippen LogP contribution is 2.10. The Bertz CT molecular complexity index is 207. The highest BCUT2D eigenvalue weighted by Gasteiger charge is 1.96. The Morgan fingerprint density at radius 1 is 0.750 bits per heavy atom. The predicted octanol–water partition coefficient (Wildman–Crippen LogP) is 4.03. The van der Waals surface area contributed by atoms with Crippen molar-refractivity contribution in [2.24, 2.45) is 0 Å². The fraction of sp³-hybridized carbons (Fsp3) is 0.938. The first kappa shape index (κ1) is 19.4. The van der Waals surface area contributed by atoms with Gasteiger partial charge in [-0.25, -0.2) is 4.79 Å².